The predicted molar refractivity (Wildman–Crippen MR) is 115 cm³/mol. The van der Waals surface area contributed by atoms with Crippen LogP contribution in [0, 0.1) is 5.92 Å². The van der Waals surface area contributed by atoms with Crippen LogP contribution in [0.15, 0.2) is 53.9 Å². The molecule has 1 fully saturated rings. The Morgan fingerprint density at radius 2 is 2.10 bits per heavy atom. The minimum atomic E-state index is -2.83. The third-order valence-electron chi connectivity index (χ3n) is 5.88. The van der Waals surface area contributed by atoms with Crippen LogP contribution in [0.1, 0.15) is 50.2 Å². The Balaban J connectivity index is 1.55. The molecule has 162 valence electrons. The normalized spacial score (nSPS) is 15.3. The van der Waals surface area contributed by atoms with E-state index in [1.54, 1.807) is 6.20 Å². The number of nitrogens with zero attached hydrogens (tertiary/aromatic N) is 3. The smallest absolute Gasteiger partial charge is 0.245 e. The maximum absolute atomic E-state index is 13.0. The van der Waals surface area contributed by atoms with E-state index in [0.29, 0.717) is 11.6 Å². The van der Waals surface area contributed by atoms with E-state index in [9.17, 15) is 18.8 Å². The molecule has 0 unspecified atom stereocenters. The first-order chi connectivity index (χ1) is 14.8. The number of hydrogen-bond donors (Lipinski definition) is 1. The van der Waals surface area contributed by atoms with Crippen molar-refractivity contribution in [2.75, 3.05) is 0 Å². The number of pyridine rings is 1. The van der Waals surface area contributed by atoms with E-state index in [-0.39, 0.29) is 18.6 Å². The van der Waals surface area contributed by atoms with E-state index in [1.165, 1.54) is 0 Å². The quantitative estimate of drug-likeness (QED) is 0.293. The summed E-state index contributed by atoms with van der Waals surface area (Å²) in [5, 5.41) is 13.0. The van der Waals surface area contributed by atoms with Gasteiger partial charge in [0.15, 0.2) is 0 Å². The topological polar surface area (TPSA) is 67.0 Å². The summed E-state index contributed by atoms with van der Waals surface area (Å²) < 4.78 is 28.0. The maximum atomic E-state index is 13.0. The van der Waals surface area contributed by atoms with Gasteiger partial charge in [0, 0.05) is 42.5 Å². The largest absolute Gasteiger partial charge is 0.411 e. The summed E-state index contributed by atoms with van der Waals surface area (Å²) in [5.41, 5.74) is 4.84. The van der Waals surface area contributed by atoms with Crippen molar-refractivity contribution in [3.63, 3.8) is 0 Å². The van der Waals surface area contributed by atoms with Gasteiger partial charge in [-0.2, -0.15) is 0 Å². The number of imidazole rings is 1. The van der Waals surface area contributed by atoms with Crippen LogP contribution in [0.5, 0.6) is 0 Å². The number of hydrogen-bond acceptors (Lipinski definition) is 4. The highest BCUT2D eigenvalue weighted by molar-refractivity contribution is 6.03. The molecule has 4 rings (SSSR count). The lowest BCUT2D eigenvalue weighted by Gasteiger charge is -2.26. The molecule has 0 aliphatic heterocycles. The van der Waals surface area contributed by atoms with Gasteiger partial charge in [-0.1, -0.05) is 29.8 Å². The molecule has 2 heterocycles. The van der Waals surface area contributed by atoms with Crippen LogP contribution >= 0.6 is 0 Å². The van der Waals surface area contributed by atoms with Crippen molar-refractivity contribution in [1.29, 1.82) is 0 Å². The molecule has 5 nitrogen and oxygen atoms in total. The second-order valence-electron chi connectivity index (χ2n) is 8.39. The molecule has 0 amide bonds. The number of ketones is 1. The summed E-state index contributed by atoms with van der Waals surface area (Å²) in [6.45, 7) is 0.832. The van der Waals surface area contributed by atoms with Gasteiger partial charge < -0.3 is 5.21 Å². The molecule has 1 N–H and O–H groups in total. The van der Waals surface area contributed by atoms with Crippen LogP contribution in [0.3, 0.4) is 0 Å². The molecular formula is C24H25F2N3O2. The standard InChI is InChI=1S/C24H25F2N3O2/c1-24(25,26)10-8-20(30)13-16-4-2-7-18(12-16)21-15-27-22-14-19(9-11-29(21)22)23(28-31)17-5-3-6-17/h2,4,7,9,11-12,14-15,17,31H,3,5-6,8,10,13H2,1H3. The van der Waals surface area contributed by atoms with Crippen LogP contribution in [0.25, 0.3) is 16.9 Å². The van der Waals surface area contributed by atoms with Crippen LogP contribution in [0.4, 0.5) is 8.78 Å². The van der Waals surface area contributed by atoms with Crippen molar-refractivity contribution in [2.24, 2.45) is 11.1 Å². The Labute approximate surface area is 179 Å². The van der Waals surface area contributed by atoms with E-state index < -0.39 is 12.3 Å². The third kappa shape index (κ3) is 4.81. The number of Topliss-reactive ketones (excluding diaryl/α,β-unsaturated/α-hetero) is 1. The molecule has 3 aromatic rings. The molecule has 1 aliphatic rings. The van der Waals surface area contributed by atoms with Crippen LogP contribution < -0.4 is 0 Å². The van der Waals surface area contributed by atoms with Gasteiger partial charge in [-0.3, -0.25) is 9.20 Å². The van der Waals surface area contributed by atoms with E-state index in [0.717, 1.165) is 54.2 Å². The third-order valence-corrected chi connectivity index (χ3v) is 5.88. The van der Waals surface area contributed by atoms with Crippen molar-refractivity contribution >= 4 is 17.1 Å². The lowest BCUT2D eigenvalue weighted by atomic mass is 9.79. The fraction of sp³-hybridized carbons (Fsp3) is 0.375. The second-order valence-corrected chi connectivity index (χ2v) is 8.39. The molecule has 0 atom stereocenters. The molecule has 7 heteroatoms. The van der Waals surface area contributed by atoms with Gasteiger partial charge in [0.1, 0.15) is 11.4 Å². The minimum absolute atomic E-state index is 0.127. The van der Waals surface area contributed by atoms with E-state index >= 15 is 0 Å². The lowest BCUT2D eigenvalue weighted by molar-refractivity contribution is -0.120. The Hall–Kier alpha value is -3.09. The zero-order chi connectivity index (χ0) is 22.0. The fourth-order valence-electron chi connectivity index (χ4n) is 3.93. The SMILES string of the molecule is CC(F)(F)CCC(=O)Cc1cccc(-c2cnc3cc(C(=NO)C4CCC4)ccn23)c1. The highest BCUT2D eigenvalue weighted by Gasteiger charge is 2.25. The molecule has 0 saturated heterocycles. The molecule has 0 radical (unpaired) electrons. The molecule has 31 heavy (non-hydrogen) atoms. The fourth-order valence-corrected chi connectivity index (χ4v) is 3.93. The summed E-state index contributed by atoms with van der Waals surface area (Å²) >= 11 is 0. The molecule has 2 aromatic heterocycles. The van der Waals surface area contributed by atoms with Crippen molar-refractivity contribution < 1.29 is 18.8 Å². The number of carbonyl (C=O) groups excluding carboxylic acids is 1. The van der Waals surface area contributed by atoms with Gasteiger partial charge in [-0.05, 0) is 43.5 Å². The van der Waals surface area contributed by atoms with Gasteiger partial charge in [0.25, 0.3) is 0 Å². The Bertz CT molecular complexity index is 1130. The van der Waals surface area contributed by atoms with Crippen LogP contribution in [-0.2, 0) is 11.2 Å². The maximum Gasteiger partial charge on any atom is 0.245 e. The molecule has 1 saturated carbocycles. The zero-order valence-corrected chi connectivity index (χ0v) is 17.4. The van der Waals surface area contributed by atoms with Crippen molar-refractivity contribution in [2.45, 2.75) is 51.4 Å². The first kappa shape index (κ1) is 21.2. The predicted octanol–water partition coefficient (Wildman–Crippen LogP) is 5.53. The first-order valence-electron chi connectivity index (χ1n) is 10.5. The number of benzene rings is 1. The second kappa shape index (κ2) is 8.57. The van der Waals surface area contributed by atoms with Crippen molar-refractivity contribution in [1.82, 2.24) is 9.38 Å². The number of fused-ring (bicyclic) bond motifs is 1. The number of rotatable bonds is 8. The van der Waals surface area contributed by atoms with Crippen molar-refractivity contribution in [3.8, 4) is 11.3 Å². The van der Waals surface area contributed by atoms with Crippen molar-refractivity contribution in [3.05, 3.63) is 59.9 Å². The minimum Gasteiger partial charge on any atom is -0.411 e. The van der Waals surface area contributed by atoms with Gasteiger partial charge in [-0.25, -0.2) is 13.8 Å². The molecule has 1 aliphatic carbocycles. The monoisotopic (exact) mass is 425 g/mol. The molecule has 0 bridgehead atoms. The van der Waals surface area contributed by atoms with Gasteiger partial charge >= 0.3 is 0 Å². The molecule has 1 aromatic carbocycles. The summed E-state index contributed by atoms with van der Waals surface area (Å²) in [7, 11) is 0. The summed E-state index contributed by atoms with van der Waals surface area (Å²) in [6.07, 6.45) is 6.44. The first-order valence-corrected chi connectivity index (χ1v) is 10.5. The average Bonchev–Trinajstić information content (AvgIpc) is 3.12. The number of aromatic nitrogens is 2. The van der Waals surface area contributed by atoms with Crippen LogP contribution in [0.2, 0.25) is 0 Å². The lowest BCUT2D eigenvalue weighted by Crippen LogP contribution is -2.23. The number of alkyl halides is 2. The van der Waals surface area contributed by atoms with E-state index in [1.807, 2.05) is 47.0 Å². The number of carbonyl (C=O) groups is 1. The molecule has 0 spiro atoms. The van der Waals surface area contributed by atoms with E-state index in [4.69, 9.17) is 0 Å². The Morgan fingerprint density at radius 1 is 1.29 bits per heavy atom. The number of halogens is 2. The van der Waals surface area contributed by atoms with Gasteiger partial charge in [-0.15, -0.1) is 0 Å². The van der Waals surface area contributed by atoms with Gasteiger partial charge in [0.2, 0.25) is 5.92 Å². The number of oxime groups is 1. The van der Waals surface area contributed by atoms with Gasteiger partial charge in [0.05, 0.1) is 17.6 Å². The van der Waals surface area contributed by atoms with E-state index in [2.05, 4.69) is 10.1 Å². The molecular weight excluding hydrogens is 400 g/mol. The highest BCUT2D eigenvalue weighted by Crippen LogP contribution is 2.31. The highest BCUT2D eigenvalue weighted by atomic mass is 19.3. The Morgan fingerprint density at radius 3 is 2.77 bits per heavy atom. The summed E-state index contributed by atoms with van der Waals surface area (Å²) in [4.78, 5) is 16.6. The summed E-state index contributed by atoms with van der Waals surface area (Å²) in [5.74, 6) is -2.73. The zero-order valence-electron chi connectivity index (χ0n) is 17.4. The summed E-state index contributed by atoms with van der Waals surface area (Å²) in [6, 6.07) is 11.3. The Kier molecular flexibility index (Phi) is 5.85. The van der Waals surface area contributed by atoms with Crippen LogP contribution in [-0.4, -0.2) is 32.0 Å². The average molecular weight is 425 g/mol.